The van der Waals surface area contributed by atoms with Gasteiger partial charge in [0.15, 0.2) is 0 Å². The van der Waals surface area contributed by atoms with Gasteiger partial charge in [-0.15, -0.1) is 0 Å². The first-order chi connectivity index (χ1) is 14.1. The number of pyridine rings is 1. The lowest BCUT2D eigenvalue weighted by Crippen LogP contribution is -2.38. The van der Waals surface area contributed by atoms with E-state index < -0.39 is 6.09 Å². The summed E-state index contributed by atoms with van der Waals surface area (Å²) >= 11 is 0. The molecule has 1 saturated heterocycles. The van der Waals surface area contributed by atoms with Crippen molar-refractivity contribution in [2.24, 2.45) is 5.92 Å². The molecule has 0 atom stereocenters. The molecule has 1 saturated carbocycles. The molecule has 0 radical (unpaired) electrons. The van der Waals surface area contributed by atoms with Crippen LogP contribution in [0.4, 0.5) is 4.79 Å². The molecular weight excluding hydrogens is 370 g/mol. The minimum absolute atomic E-state index is 0.0232. The van der Waals surface area contributed by atoms with Crippen LogP contribution in [0.2, 0.25) is 0 Å². The van der Waals surface area contributed by atoms with Crippen LogP contribution in [0.25, 0.3) is 11.3 Å². The average molecular weight is 395 g/mol. The van der Waals surface area contributed by atoms with Crippen molar-refractivity contribution in [1.82, 2.24) is 15.2 Å². The van der Waals surface area contributed by atoms with Crippen LogP contribution in [0.15, 0.2) is 42.6 Å². The Morgan fingerprint density at radius 2 is 1.79 bits per heavy atom. The fourth-order valence-electron chi connectivity index (χ4n) is 3.43. The molecule has 7 heteroatoms. The van der Waals surface area contributed by atoms with E-state index in [0.717, 1.165) is 36.9 Å². The highest BCUT2D eigenvalue weighted by Crippen LogP contribution is 2.23. The lowest BCUT2D eigenvalue weighted by atomic mass is 9.98. The first-order valence-corrected chi connectivity index (χ1v) is 10.1. The van der Waals surface area contributed by atoms with Crippen molar-refractivity contribution < 1.29 is 19.4 Å². The normalized spacial score (nSPS) is 17.0. The lowest BCUT2D eigenvalue weighted by molar-refractivity contribution is 0.0951. The predicted octanol–water partition coefficient (Wildman–Crippen LogP) is 3.41. The molecule has 2 amide bonds. The second-order valence-corrected chi connectivity index (χ2v) is 7.73. The van der Waals surface area contributed by atoms with Crippen molar-refractivity contribution in [3.05, 3.63) is 48.2 Å². The van der Waals surface area contributed by atoms with Crippen LogP contribution in [-0.4, -0.2) is 52.7 Å². The first kappa shape index (κ1) is 19.2. The van der Waals surface area contributed by atoms with Gasteiger partial charge in [-0.2, -0.15) is 0 Å². The van der Waals surface area contributed by atoms with Gasteiger partial charge in [-0.3, -0.25) is 9.78 Å². The molecule has 2 N–H and O–H groups in total. The van der Waals surface area contributed by atoms with Gasteiger partial charge >= 0.3 is 6.09 Å². The molecule has 7 nitrogen and oxygen atoms in total. The van der Waals surface area contributed by atoms with Crippen molar-refractivity contribution in [2.45, 2.75) is 31.7 Å². The molecule has 1 aromatic heterocycles. The van der Waals surface area contributed by atoms with Crippen LogP contribution < -0.4 is 10.1 Å². The molecule has 0 unspecified atom stereocenters. The van der Waals surface area contributed by atoms with E-state index in [2.05, 4.69) is 10.3 Å². The maximum absolute atomic E-state index is 12.1. The van der Waals surface area contributed by atoms with E-state index in [1.165, 1.54) is 4.90 Å². The van der Waals surface area contributed by atoms with E-state index in [-0.39, 0.29) is 5.91 Å². The third kappa shape index (κ3) is 5.04. The monoisotopic (exact) mass is 395 g/mol. The number of piperidine rings is 1. The van der Waals surface area contributed by atoms with Gasteiger partial charge in [-0.25, -0.2) is 4.79 Å². The third-order valence-corrected chi connectivity index (χ3v) is 5.46. The second kappa shape index (κ2) is 8.51. The molecule has 0 bridgehead atoms. The summed E-state index contributed by atoms with van der Waals surface area (Å²) < 4.78 is 5.84. The zero-order valence-electron chi connectivity index (χ0n) is 16.2. The number of benzene rings is 1. The Kier molecular flexibility index (Phi) is 5.64. The van der Waals surface area contributed by atoms with Gasteiger partial charge in [0.05, 0.1) is 18.5 Å². The number of carbonyl (C=O) groups is 2. The molecule has 4 rings (SSSR count). The highest BCUT2D eigenvalue weighted by molar-refractivity contribution is 5.95. The number of rotatable bonds is 6. The van der Waals surface area contributed by atoms with Gasteiger partial charge in [0.2, 0.25) is 0 Å². The Labute approximate surface area is 169 Å². The number of ether oxygens (including phenoxy) is 1. The summed E-state index contributed by atoms with van der Waals surface area (Å²) in [4.78, 5) is 28.9. The summed E-state index contributed by atoms with van der Waals surface area (Å²) in [5.41, 5.74) is 2.43. The Morgan fingerprint density at radius 1 is 1.07 bits per heavy atom. The van der Waals surface area contributed by atoms with E-state index in [1.807, 2.05) is 36.4 Å². The fourth-order valence-corrected chi connectivity index (χ4v) is 3.43. The molecule has 2 heterocycles. The Balaban J connectivity index is 1.28. The summed E-state index contributed by atoms with van der Waals surface area (Å²) in [6, 6.07) is 11.6. The van der Waals surface area contributed by atoms with Crippen molar-refractivity contribution in [3.8, 4) is 17.0 Å². The highest BCUT2D eigenvalue weighted by Gasteiger charge is 2.24. The van der Waals surface area contributed by atoms with E-state index >= 15 is 0 Å². The van der Waals surface area contributed by atoms with Crippen LogP contribution >= 0.6 is 0 Å². The highest BCUT2D eigenvalue weighted by atomic mass is 16.5. The number of carboxylic acid groups (broad SMARTS) is 1. The summed E-state index contributed by atoms with van der Waals surface area (Å²) in [5, 5.41) is 12.0. The predicted molar refractivity (Wildman–Crippen MR) is 108 cm³/mol. The summed E-state index contributed by atoms with van der Waals surface area (Å²) in [6.07, 6.45) is 4.64. The molecule has 29 heavy (non-hydrogen) atoms. The topological polar surface area (TPSA) is 91.8 Å². The first-order valence-electron chi connectivity index (χ1n) is 10.1. The molecule has 0 spiro atoms. The Hall–Kier alpha value is -3.09. The van der Waals surface area contributed by atoms with Crippen molar-refractivity contribution in [1.29, 1.82) is 0 Å². The number of carbonyl (C=O) groups excluding carboxylic acids is 1. The van der Waals surface area contributed by atoms with Crippen LogP contribution in [0, 0.1) is 5.92 Å². The van der Waals surface area contributed by atoms with Crippen molar-refractivity contribution in [3.63, 3.8) is 0 Å². The molecule has 152 valence electrons. The van der Waals surface area contributed by atoms with Gasteiger partial charge in [-0.05, 0) is 55.9 Å². The van der Waals surface area contributed by atoms with Crippen LogP contribution in [0.5, 0.6) is 5.75 Å². The summed E-state index contributed by atoms with van der Waals surface area (Å²) in [7, 11) is 0. The SMILES string of the molecule is O=C(NC1CC1)c1ccc(-c2ccc(OCC3CCN(C(=O)O)CC3)cn2)cc1. The number of likely N-dealkylation sites (tertiary alicyclic amines) is 1. The maximum Gasteiger partial charge on any atom is 0.407 e. The number of nitrogens with zero attached hydrogens (tertiary/aromatic N) is 2. The van der Waals surface area contributed by atoms with Crippen molar-refractivity contribution >= 4 is 12.0 Å². The number of hydrogen-bond acceptors (Lipinski definition) is 4. The van der Waals surface area contributed by atoms with E-state index in [9.17, 15) is 9.59 Å². The second-order valence-electron chi connectivity index (χ2n) is 7.73. The quantitative estimate of drug-likeness (QED) is 0.782. The molecule has 1 aromatic carbocycles. The van der Waals surface area contributed by atoms with E-state index in [0.29, 0.717) is 43.0 Å². The van der Waals surface area contributed by atoms with Crippen LogP contribution in [0.1, 0.15) is 36.0 Å². The van der Waals surface area contributed by atoms with Gasteiger partial charge in [0.1, 0.15) is 5.75 Å². The van der Waals surface area contributed by atoms with Crippen LogP contribution in [-0.2, 0) is 0 Å². The molecule has 2 aliphatic rings. The largest absolute Gasteiger partial charge is 0.492 e. The minimum atomic E-state index is -0.847. The fraction of sp³-hybridized carbons (Fsp3) is 0.409. The molecule has 2 fully saturated rings. The molecule has 1 aliphatic carbocycles. The number of hydrogen-bond donors (Lipinski definition) is 2. The number of nitrogens with one attached hydrogen (secondary N) is 1. The smallest absolute Gasteiger partial charge is 0.407 e. The van der Waals surface area contributed by atoms with Gasteiger partial charge in [0, 0.05) is 30.3 Å². The van der Waals surface area contributed by atoms with E-state index in [4.69, 9.17) is 9.84 Å². The standard InChI is InChI=1S/C22H25N3O4/c26-21(24-18-5-6-18)17-3-1-16(2-4-17)20-8-7-19(13-23-20)29-14-15-9-11-25(12-10-15)22(27)28/h1-4,7-8,13,15,18H,5-6,9-12,14H2,(H,24,26)(H,27,28). The minimum Gasteiger partial charge on any atom is -0.492 e. The molecular formula is C22H25N3O4. The Morgan fingerprint density at radius 3 is 2.38 bits per heavy atom. The zero-order chi connectivity index (χ0) is 20.2. The van der Waals surface area contributed by atoms with Gasteiger partial charge < -0.3 is 20.1 Å². The molecule has 2 aromatic rings. The maximum atomic E-state index is 12.1. The zero-order valence-corrected chi connectivity index (χ0v) is 16.2. The van der Waals surface area contributed by atoms with E-state index in [1.54, 1.807) is 6.20 Å². The van der Waals surface area contributed by atoms with Crippen LogP contribution in [0.3, 0.4) is 0 Å². The average Bonchev–Trinajstić information content (AvgIpc) is 3.57. The van der Waals surface area contributed by atoms with Gasteiger partial charge in [0.25, 0.3) is 5.91 Å². The lowest BCUT2D eigenvalue weighted by Gasteiger charge is -2.29. The van der Waals surface area contributed by atoms with Gasteiger partial charge in [-0.1, -0.05) is 12.1 Å². The van der Waals surface area contributed by atoms with Crippen molar-refractivity contribution in [2.75, 3.05) is 19.7 Å². The number of aromatic nitrogens is 1. The third-order valence-electron chi connectivity index (χ3n) is 5.46. The summed E-state index contributed by atoms with van der Waals surface area (Å²) in [5.74, 6) is 1.04. The summed E-state index contributed by atoms with van der Waals surface area (Å²) in [6.45, 7) is 1.70. The molecule has 1 aliphatic heterocycles. The Bertz CT molecular complexity index is 855. The number of amides is 2.